The van der Waals surface area contributed by atoms with Gasteiger partial charge >= 0.3 is 0 Å². The van der Waals surface area contributed by atoms with Gasteiger partial charge in [-0.15, -0.1) is 0 Å². The van der Waals surface area contributed by atoms with Crippen LogP contribution in [-0.2, 0) is 11.2 Å². The molecular weight excluding hydrogens is 378 g/mol. The maximum Gasteiger partial charge on any atom is 0.258 e. The first-order valence-corrected chi connectivity index (χ1v) is 10.0. The molecule has 4 aromatic rings. The molecule has 1 atom stereocenters. The molecule has 0 saturated heterocycles. The Morgan fingerprint density at radius 3 is 2.83 bits per heavy atom. The van der Waals surface area contributed by atoms with Gasteiger partial charge in [0, 0.05) is 0 Å². The number of ether oxygens (including phenoxy) is 1. The van der Waals surface area contributed by atoms with Crippen molar-refractivity contribution in [3.63, 3.8) is 0 Å². The van der Waals surface area contributed by atoms with E-state index in [0.29, 0.717) is 16.9 Å². The highest BCUT2D eigenvalue weighted by molar-refractivity contribution is 5.82. The van der Waals surface area contributed by atoms with Crippen LogP contribution in [-0.4, -0.2) is 32.3 Å². The first-order valence-electron chi connectivity index (χ1n) is 10.0. The zero-order valence-corrected chi connectivity index (χ0v) is 16.4. The monoisotopic (exact) mass is 399 g/mol. The lowest BCUT2D eigenvalue weighted by atomic mass is 9.88. The predicted octanol–water partition coefficient (Wildman–Crippen LogP) is 3.39. The Kier molecular flexibility index (Phi) is 4.85. The minimum absolute atomic E-state index is 0.0253. The van der Waals surface area contributed by atoms with E-state index < -0.39 is 0 Å². The van der Waals surface area contributed by atoms with E-state index in [9.17, 15) is 4.79 Å². The van der Waals surface area contributed by atoms with Crippen LogP contribution in [0, 0.1) is 0 Å². The number of nitrogens with zero attached hydrogens (tertiary/aromatic N) is 4. The van der Waals surface area contributed by atoms with Crippen molar-refractivity contribution in [2.45, 2.75) is 25.3 Å². The van der Waals surface area contributed by atoms with Gasteiger partial charge in [0.25, 0.3) is 5.91 Å². The second-order valence-corrected chi connectivity index (χ2v) is 7.31. The van der Waals surface area contributed by atoms with Crippen molar-refractivity contribution in [2.24, 2.45) is 0 Å². The first kappa shape index (κ1) is 18.3. The molecule has 150 valence electrons. The number of amides is 1. The van der Waals surface area contributed by atoms with E-state index in [0.717, 1.165) is 24.9 Å². The highest BCUT2D eigenvalue weighted by Crippen LogP contribution is 2.29. The molecule has 0 aliphatic heterocycles. The van der Waals surface area contributed by atoms with Gasteiger partial charge in [-0.1, -0.05) is 42.5 Å². The van der Waals surface area contributed by atoms with Crippen LogP contribution in [0.25, 0.3) is 16.7 Å². The van der Waals surface area contributed by atoms with Crippen LogP contribution >= 0.6 is 0 Å². The summed E-state index contributed by atoms with van der Waals surface area (Å²) in [5, 5.41) is 8.17. The average Bonchev–Trinajstić information content (AvgIpc) is 3.23. The summed E-state index contributed by atoms with van der Waals surface area (Å²) in [5.74, 6) is 0.181. The Morgan fingerprint density at radius 1 is 1.10 bits per heavy atom. The average molecular weight is 399 g/mol. The number of aromatic nitrogens is 4. The molecule has 1 aliphatic carbocycles. The summed E-state index contributed by atoms with van der Waals surface area (Å²) in [4.78, 5) is 21.1. The molecule has 1 N–H and O–H groups in total. The lowest BCUT2D eigenvalue weighted by molar-refractivity contribution is -0.124. The van der Waals surface area contributed by atoms with Gasteiger partial charge in [0.15, 0.2) is 12.3 Å². The number of carbonyl (C=O) groups is 1. The zero-order valence-electron chi connectivity index (χ0n) is 16.4. The van der Waals surface area contributed by atoms with Gasteiger partial charge in [-0.3, -0.25) is 4.79 Å². The van der Waals surface area contributed by atoms with Crippen molar-refractivity contribution in [3.05, 3.63) is 78.2 Å². The van der Waals surface area contributed by atoms with E-state index >= 15 is 0 Å². The Morgan fingerprint density at radius 2 is 1.93 bits per heavy atom. The fraction of sp³-hybridized carbons (Fsp3) is 0.217. The summed E-state index contributed by atoms with van der Waals surface area (Å²) in [6.07, 6.45) is 6.14. The van der Waals surface area contributed by atoms with Gasteiger partial charge in [-0.2, -0.15) is 5.10 Å². The minimum atomic E-state index is -0.168. The highest BCUT2D eigenvalue weighted by Gasteiger charge is 2.22. The van der Waals surface area contributed by atoms with E-state index in [2.05, 4.69) is 32.5 Å². The number of nitrogens with one attached hydrogen (secondary N) is 1. The van der Waals surface area contributed by atoms with Gasteiger partial charge in [0.1, 0.15) is 11.7 Å². The molecule has 1 aliphatic rings. The third-order valence-electron chi connectivity index (χ3n) is 5.37. The Balaban J connectivity index is 1.30. The fourth-order valence-corrected chi connectivity index (χ4v) is 3.97. The third kappa shape index (κ3) is 3.50. The van der Waals surface area contributed by atoms with Crippen molar-refractivity contribution in [2.75, 3.05) is 6.61 Å². The quantitative estimate of drug-likeness (QED) is 0.556. The molecule has 2 heterocycles. The Hall–Kier alpha value is -3.74. The molecule has 7 heteroatoms. The van der Waals surface area contributed by atoms with Crippen molar-refractivity contribution in [1.29, 1.82) is 0 Å². The minimum Gasteiger partial charge on any atom is -0.467 e. The van der Waals surface area contributed by atoms with E-state index in [-0.39, 0.29) is 18.6 Å². The molecule has 0 bridgehead atoms. The van der Waals surface area contributed by atoms with Gasteiger partial charge in [0.2, 0.25) is 5.88 Å². The van der Waals surface area contributed by atoms with E-state index in [4.69, 9.17) is 4.74 Å². The van der Waals surface area contributed by atoms with E-state index in [1.807, 2.05) is 42.5 Å². The number of rotatable bonds is 5. The van der Waals surface area contributed by atoms with Gasteiger partial charge in [-0.25, -0.2) is 14.6 Å². The summed E-state index contributed by atoms with van der Waals surface area (Å²) >= 11 is 0. The van der Waals surface area contributed by atoms with Gasteiger partial charge in [-0.05, 0) is 42.5 Å². The maximum absolute atomic E-state index is 12.6. The Bertz CT molecular complexity index is 1190. The van der Waals surface area contributed by atoms with Gasteiger partial charge in [0.05, 0.1) is 17.9 Å². The summed E-state index contributed by atoms with van der Waals surface area (Å²) in [7, 11) is 0. The molecule has 5 rings (SSSR count). The zero-order chi connectivity index (χ0) is 20.3. The summed E-state index contributed by atoms with van der Waals surface area (Å²) in [6, 6.07) is 18.0. The number of carbonyl (C=O) groups excluding carboxylic acids is 1. The topological polar surface area (TPSA) is 81.9 Å². The number of para-hydroxylation sites is 1. The number of benzene rings is 2. The smallest absolute Gasteiger partial charge is 0.258 e. The van der Waals surface area contributed by atoms with Crippen molar-refractivity contribution in [1.82, 2.24) is 25.1 Å². The summed E-state index contributed by atoms with van der Waals surface area (Å²) in [6.45, 7) is -0.110. The second kappa shape index (κ2) is 7.94. The maximum atomic E-state index is 12.6. The molecule has 0 saturated carbocycles. The van der Waals surface area contributed by atoms with E-state index in [1.165, 1.54) is 17.5 Å². The predicted molar refractivity (Wildman–Crippen MR) is 112 cm³/mol. The fourth-order valence-electron chi connectivity index (χ4n) is 3.97. The molecule has 1 unspecified atom stereocenters. The second-order valence-electron chi connectivity index (χ2n) is 7.31. The molecule has 2 aromatic carbocycles. The van der Waals surface area contributed by atoms with Crippen LogP contribution in [0.15, 0.2) is 67.1 Å². The molecule has 30 heavy (non-hydrogen) atoms. The molecule has 2 aromatic heterocycles. The lowest BCUT2D eigenvalue weighted by Crippen LogP contribution is -2.34. The SMILES string of the molecule is O=C(COc1ncnc2c1cnn2-c1ccccc1)NC1CCCc2ccccc21. The number of fused-ring (bicyclic) bond motifs is 2. The third-order valence-corrected chi connectivity index (χ3v) is 5.37. The van der Waals surface area contributed by atoms with Crippen molar-refractivity contribution in [3.8, 4) is 11.6 Å². The Labute approximate surface area is 173 Å². The number of hydrogen-bond acceptors (Lipinski definition) is 5. The molecule has 0 spiro atoms. The standard InChI is InChI=1S/C23H21N5O2/c29-21(27-20-12-6-8-16-7-4-5-11-18(16)20)14-30-23-19-13-26-28(22(19)24-15-25-23)17-9-2-1-3-10-17/h1-5,7,9-11,13,15,20H,6,8,12,14H2,(H,27,29). The molecular formula is C23H21N5O2. The van der Waals surface area contributed by atoms with Crippen LogP contribution in [0.3, 0.4) is 0 Å². The lowest BCUT2D eigenvalue weighted by Gasteiger charge is -2.26. The van der Waals surface area contributed by atoms with Crippen molar-refractivity contribution >= 4 is 16.9 Å². The highest BCUT2D eigenvalue weighted by atomic mass is 16.5. The number of hydrogen-bond donors (Lipinski definition) is 1. The number of aryl methyl sites for hydroxylation is 1. The van der Waals surface area contributed by atoms with E-state index in [1.54, 1.807) is 10.9 Å². The summed E-state index contributed by atoms with van der Waals surface area (Å²) in [5.41, 5.74) is 4.03. The molecule has 1 amide bonds. The molecule has 0 fully saturated rings. The van der Waals surface area contributed by atoms with Crippen LogP contribution in [0.1, 0.15) is 30.0 Å². The van der Waals surface area contributed by atoms with Crippen LogP contribution in [0.5, 0.6) is 5.88 Å². The molecule has 0 radical (unpaired) electrons. The summed E-state index contributed by atoms with van der Waals surface area (Å²) < 4.78 is 7.47. The molecule has 7 nitrogen and oxygen atoms in total. The normalized spacial score (nSPS) is 15.5. The van der Waals surface area contributed by atoms with Crippen LogP contribution < -0.4 is 10.1 Å². The van der Waals surface area contributed by atoms with Crippen molar-refractivity contribution < 1.29 is 9.53 Å². The first-order chi connectivity index (χ1) is 14.8. The van der Waals surface area contributed by atoms with Gasteiger partial charge < -0.3 is 10.1 Å². The largest absolute Gasteiger partial charge is 0.467 e. The van der Waals surface area contributed by atoms with Crippen LogP contribution in [0.4, 0.5) is 0 Å². The van der Waals surface area contributed by atoms with Crippen LogP contribution in [0.2, 0.25) is 0 Å².